The molecule has 5 N–H and O–H groups in total. The number of Topliss-reactive ketones (excluding diaryl/α,β-unsaturated/α-hetero) is 2. The van der Waals surface area contributed by atoms with Gasteiger partial charge in [-0.25, -0.2) is 4.79 Å². The molecule has 2 saturated heterocycles. The fourth-order valence-corrected chi connectivity index (χ4v) is 3.72. The van der Waals surface area contributed by atoms with Crippen LogP contribution in [0.4, 0.5) is 4.79 Å². The lowest BCUT2D eigenvalue weighted by Crippen LogP contribution is -2.36. The number of carbonyl (C=O) groups excluding carboxylic acids is 3. The number of aliphatic carboxylic acids is 1. The summed E-state index contributed by atoms with van der Waals surface area (Å²) in [6.45, 7) is 19.8. The Bertz CT molecular complexity index is 537. The summed E-state index contributed by atoms with van der Waals surface area (Å²) in [7, 11) is 0. The Labute approximate surface area is 239 Å². The number of nitrogens with one attached hydrogen (secondary N) is 2. The van der Waals surface area contributed by atoms with Crippen molar-refractivity contribution < 1.29 is 24.3 Å². The van der Waals surface area contributed by atoms with E-state index in [4.69, 9.17) is 10.8 Å². The van der Waals surface area contributed by atoms with Crippen LogP contribution in [0.25, 0.3) is 0 Å². The molecule has 8 nitrogen and oxygen atoms in total. The van der Waals surface area contributed by atoms with Gasteiger partial charge in [-0.1, -0.05) is 88.5 Å². The molecule has 0 aromatic heterocycles. The average molecular weight is 566 g/mol. The summed E-state index contributed by atoms with van der Waals surface area (Å²) in [4.78, 5) is 39.9. The van der Waals surface area contributed by atoms with Gasteiger partial charge in [0.1, 0.15) is 11.6 Å². The van der Waals surface area contributed by atoms with Crippen molar-refractivity contribution in [1.82, 2.24) is 10.6 Å². The van der Waals surface area contributed by atoms with E-state index in [0.29, 0.717) is 30.2 Å². The Balaban J connectivity index is -0.000000118. The molecule has 3 atom stereocenters. The van der Waals surface area contributed by atoms with Gasteiger partial charge < -0.3 is 31.1 Å². The first kappa shape index (κ1) is 46.3. The average Bonchev–Trinajstić information content (AvgIpc) is 3.53. The summed E-state index contributed by atoms with van der Waals surface area (Å²) in [5.74, 6) is 1.97. The van der Waals surface area contributed by atoms with Crippen LogP contribution in [0.15, 0.2) is 0 Å². The van der Waals surface area contributed by atoms with Crippen molar-refractivity contribution in [2.75, 3.05) is 12.3 Å². The third-order valence-corrected chi connectivity index (χ3v) is 6.52. The zero-order valence-electron chi connectivity index (χ0n) is 25.4. The predicted octanol–water partition coefficient (Wildman–Crippen LogP) is 6.84. The van der Waals surface area contributed by atoms with Crippen molar-refractivity contribution in [3.8, 4) is 0 Å². The summed E-state index contributed by atoms with van der Waals surface area (Å²) in [6, 6.07) is 0.786. The molecule has 9 heteroatoms. The number of urea groups is 1. The van der Waals surface area contributed by atoms with E-state index in [0.717, 1.165) is 24.6 Å². The van der Waals surface area contributed by atoms with E-state index in [1.807, 2.05) is 32.5 Å². The van der Waals surface area contributed by atoms with Gasteiger partial charge in [0.15, 0.2) is 0 Å². The zero-order valence-corrected chi connectivity index (χ0v) is 26.3. The number of carboxylic acid groups (broad SMARTS) is 1. The Hall–Kier alpha value is -1.61. The molecule has 0 bridgehead atoms. The molecule has 2 amide bonds. The van der Waals surface area contributed by atoms with Crippen LogP contribution in [-0.2, 0) is 14.4 Å². The molecule has 0 aromatic carbocycles. The van der Waals surface area contributed by atoms with Crippen LogP contribution in [0.3, 0.4) is 0 Å². The van der Waals surface area contributed by atoms with Crippen LogP contribution in [0, 0.1) is 5.92 Å². The van der Waals surface area contributed by atoms with Gasteiger partial charge in [-0.05, 0) is 32.7 Å². The standard InChI is InChI=1S/C7H12N2OS.C5H10.2C4H8O.C3H6O2.C3H8.C2H7N.CH4/c1-2-5-6-4(3-11-5)8-7(10)9-6;1-2-5-3-4-5;2*1-3-4(2)5;1-2-3(4)5;1-3-2;1-2-3;/h4-6H,2-3H2,1H3,(H2,8,9,10);5H,2-4H2,1H3;2*3H2,1-2H3;2H2,1H3,(H,4,5);3H2,1-2H3;2-3H2,1H3;1H4/t4-,5?,6-;;;;;;;/m0......./s1. The highest BCUT2D eigenvalue weighted by molar-refractivity contribution is 8.00. The maximum atomic E-state index is 10.9. The van der Waals surface area contributed by atoms with E-state index in [9.17, 15) is 19.2 Å². The first-order valence-corrected chi connectivity index (χ1v) is 15.0. The highest BCUT2D eigenvalue weighted by Crippen LogP contribution is 2.32. The second kappa shape index (κ2) is 33.4. The smallest absolute Gasteiger partial charge is 0.315 e. The van der Waals surface area contributed by atoms with Crippen LogP contribution in [0.1, 0.15) is 128 Å². The Morgan fingerprint density at radius 1 is 0.868 bits per heavy atom. The molecular weight excluding hydrogens is 502 g/mol. The highest BCUT2D eigenvalue weighted by atomic mass is 32.2. The van der Waals surface area contributed by atoms with Gasteiger partial charge >= 0.3 is 12.0 Å². The molecule has 3 rings (SSSR count). The number of amides is 2. The summed E-state index contributed by atoms with van der Waals surface area (Å²) >= 11 is 1.96. The zero-order chi connectivity index (χ0) is 29.8. The predicted molar refractivity (Wildman–Crippen MR) is 166 cm³/mol. The van der Waals surface area contributed by atoms with E-state index in [-0.39, 0.29) is 31.4 Å². The lowest BCUT2D eigenvalue weighted by Gasteiger charge is -2.13. The van der Waals surface area contributed by atoms with Crippen molar-refractivity contribution in [3.05, 3.63) is 0 Å². The van der Waals surface area contributed by atoms with Gasteiger partial charge in [0.25, 0.3) is 0 Å². The van der Waals surface area contributed by atoms with Crippen LogP contribution in [-0.4, -0.2) is 58.3 Å². The van der Waals surface area contributed by atoms with Gasteiger partial charge in [-0.2, -0.15) is 11.8 Å². The van der Waals surface area contributed by atoms with Crippen molar-refractivity contribution in [3.63, 3.8) is 0 Å². The second-order valence-corrected chi connectivity index (χ2v) is 10.1. The number of rotatable bonds is 5. The first-order chi connectivity index (χ1) is 17.4. The Morgan fingerprint density at radius 2 is 1.24 bits per heavy atom. The molecule has 2 aliphatic heterocycles. The molecule has 0 aromatic rings. The van der Waals surface area contributed by atoms with E-state index >= 15 is 0 Å². The van der Waals surface area contributed by atoms with Crippen molar-refractivity contribution >= 4 is 35.3 Å². The maximum Gasteiger partial charge on any atom is 0.315 e. The number of thioether (sulfide) groups is 1. The van der Waals surface area contributed by atoms with E-state index in [1.54, 1.807) is 20.8 Å². The number of fused-ring (bicyclic) bond motifs is 1. The molecule has 1 aliphatic carbocycles. The number of carboxylic acids is 1. The minimum absolute atomic E-state index is 0. The van der Waals surface area contributed by atoms with Crippen LogP contribution >= 0.6 is 11.8 Å². The molecule has 38 heavy (non-hydrogen) atoms. The van der Waals surface area contributed by atoms with Crippen LogP contribution in [0.2, 0.25) is 0 Å². The highest BCUT2D eigenvalue weighted by Gasteiger charge is 2.41. The molecule has 230 valence electrons. The minimum atomic E-state index is -0.745. The minimum Gasteiger partial charge on any atom is -0.481 e. The second-order valence-electron chi connectivity index (χ2n) is 8.86. The topological polar surface area (TPSA) is 139 Å². The summed E-state index contributed by atoms with van der Waals surface area (Å²) in [5, 5.41) is 14.2. The van der Waals surface area contributed by atoms with Gasteiger partial charge in [0, 0.05) is 30.3 Å². The quantitative estimate of drug-likeness (QED) is 0.268. The number of ketones is 2. The lowest BCUT2D eigenvalue weighted by atomic mass is 10.1. The van der Waals surface area contributed by atoms with Crippen LogP contribution < -0.4 is 16.4 Å². The fraction of sp³-hybridized carbons (Fsp3) is 0.862. The van der Waals surface area contributed by atoms with E-state index in [1.165, 1.54) is 25.7 Å². The monoisotopic (exact) mass is 565 g/mol. The molecule has 1 unspecified atom stereocenters. The van der Waals surface area contributed by atoms with E-state index < -0.39 is 5.97 Å². The van der Waals surface area contributed by atoms with Gasteiger partial charge in [0.05, 0.1) is 12.1 Å². The summed E-state index contributed by atoms with van der Waals surface area (Å²) in [5.41, 5.74) is 4.85. The molecule has 0 spiro atoms. The SMILES string of the molecule is C.CCC.CCC(=O)O.CCC(C)=O.CCC(C)=O.CCC1CC1.CCC1SC[C@@H]2NC(=O)N[C@H]12.CCN. The normalized spacial score (nSPS) is 19.0. The third kappa shape index (κ3) is 36.5. The molecular formula is C29H63N3O5S. The van der Waals surface area contributed by atoms with Crippen molar-refractivity contribution in [2.45, 2.75) is 145 Å². The van der Waals surface area contributed by atoms with Gasteiger partial charge in [-0.15, -0.1) is 0 Å². The van der Waals surface area contributed by atoms with Gasteiger partial charge in [0.2, 0.25) is 0 Å². The largest absolute Gasteiger partial charge is 0.481 e. The number of carbonyl (C=O) groups is 4. The van der Waals surface area contributed by atoms with Crippen molar-refractivity contribution in [2.24, 2.45) is 11.7 Å². The summed E-state index contributed by atoms with van der Waals surface area (Å²) in [6.07, 6.45) is 8.39. The van der Waals surface area contributed by atoms with Crippen molar-refractivity contribution in [1.29, 1.82) is 0 Å². The van der Waals surface area contributed by atoms with E-state index in [2.05, 4.69) is 38.3 Å². The molecule has 3 fully saturated rings. The first-order valence-electron chi connectivity index (χ1n) is 14.0. The number of nitrogens with two attached hydrogens (primary N) is 1. The number of hydrogen-bond donors (Lipinski definition) is 4. The molecule has 3 aliphatic rings. The molecule has 1 saturated carbocycles. The molecule has 0 radical (unpaired) electrons. The number of hydrogen-bond acceptors (Lipinski definition) is 6. The fourth-order valence-electron chi connectivity index (χ4n) is 2.28. The third-order valence-electron chi connectivity index (χ3n) is 4.91. The van der Waals surface area contributed by atoms with Crippen LogP contribution in [0.5, 0.6) is 0 Å². The Morgan fingerprint density at radius 3 is 1.45 bits per heavy atom. The molecule has 2 heterocycles. The lowest BCUT2D eigenvalue weighted by molar-refractivity contribution is -0.136. The van der Waals surface area contributed by atoms with Gasteiger partial charge in [-0.3, -0.25) is 4.79 Å². The maximum absolute atomic E-state index is 10.9. The Kier molecular flexibility index (Phi) is 40.7. The summed E-state index contributed by atoms with van der Waals surface area (Å²) < 4.78 is 0.